The molecule has 0 aromatic heterocycles. The summed E-state index contributed by atoms with van der Waals surface area (Å²) < 4.78 is 13.0. The van der Waals surface area contributed by atoms with E-state index in [-0.39, 0.29) is 5.82 Å². The van der Waals surface area contributed by atoms with Crippen molar-refractivity contribution in [2.75, 3.05) is 13.1 Å². The second kappa shape index (κ2) is 5.39. The molecule has 2 nitrogen and oxygen atoms in total. The van der Waals surface area contributed by atoms with E-state index in [2.05, 4.69) is 4.90 Å². The Balaban J connectivity index is 1.68. The molecule has 2 N–H and O–H groups in total. The summed E-state index contributed by atoms with van der Waals surface area (Å²) in [4.78, 5) is 2.42. The molecule has 1 saturated carbocycles. The number of rotatable bonds is 2. The zero-order valence-corrected chi connectivity index (χ0v) is 11.7. The third-order valence-electron chi connectivity index (χ3n) is 4.64. The Hall–Kier alpha value is -0.640. The van der Waals surface area contributed by atoms with Crippen LogP contribution in [0.3, 0.4) is 0 Å². The SMILES string of the molecule is NC1CCCC2CN(Cc3ccc(F)cc3Cl)CC12. The van der Waals surface area contributed by atoms with Crippen LogP contribution < -0.4 is 5.73 Å². The fourth-order valence-electron chi connectivity index (χ4n) is 3.63. The standard InChI is InChI=1S/C15H20ClFN2/c16-14-6-12(17)5-4-11(14)8-19-7-10-2-1-3-15(18)13(10)9-19/h4-6,10,13,15H,1-3,7-9,18H2. The molecule has 3 atom stereocenters. The highest BCUT2D eigenvalue weighted by molar-refractivity contribution is 6.31. The minimum atomic E-state index is -0.272. The minimum Gasteiger partial charge on any atom is -0.327 e. The average molecular weight is 283 g/mol. The molecule has 19 heavy (non-hydrogen) atoms. The van der Waals surface area contributed by atoms with Gasteiger partial charge in [-0.05, 0) is 42.4 Å². The summed E-state index contributed by atoms with van der Waals surface area (Å²) in [6.45, 7) is 2.96. The van der Waals surface area contributed by atoms with Gasteiger partial charge in [0, 0.05) is 30.7 Å². The molecule has 0 radical (unpaired) electrons. The molecule has 0 amide bonds. The average Bonchev–Trinajstić information content (AvgIpc) is 2.77. The van der Waals surface area contributed by atoms with Gasteiger partial charge in [0.1, 0.15) is 5.82 Å². The normalized spacial score (nSPS) is 31.4. The molecule has 4 heteroatoms. The van der Waals surface area contributed by atoms with E-state index in [0.717, 1.165) is 37.5 Å². The summed E-state index contributed by atoms with van der Waals surface area (Å²) in [5.41, 5.74) is 7.23. The van der Waals surface area contributed by atoms with Crippen molar-refractivity contribution in [1.82, 2.24) is 4.90 Å². The molecule has 1 saturated heterocycles. The Bertz CT molecular complexity index is 465. The first kappa shape index (κ1) is 13.3. The summed E-state index contributed by atoms with van der Waals surface area (Å²) in [7, 11) is 0. The molecule has 0 bridgehead atoms. The predicted octanol–water partition coefficient (Wildman–Crippen LogP) is 3.04. The van der Waals surface area contributed by atoms with Gasteiger partial charge in [0.2, 0.25) is 0 Å². The summed E-state index contributed by atoms with van der Waals surface area (Å²) in [5, 5.41) is 0.527. The maximum atomic E-state index is 13.0. The number of halogens is 2. The van der Waals surface area contributed by atoms with Crippen molar-refractivity contribution in [2.24, 2.45) is 17.6 Å². The predicted molar refractivity (Wildman–Crippen MR) is 75.5 cm³/mol. The summed E-state index contributed by atoms with van der Waals surface area (Å²) >= 11 is 6.10. The number of fused-ring (bicyclic) bond motifs is 1. The maximum Gasteiger partial charge on any atom is 0.124 e. The van der Waals surface area contributed by atoms with Crippen LogP contribution in [0.2, 0.25) is 5.02 Å². The maximum absolute atomic E-state index is 13.0. The second-order valence-electron chi connectivity index (χ2n) is 5.95. The van der Waals surface area contributed by atoms with Crippen LogP contribution in [-0.4, -0.2) is 24.0 Å². The Labute approximate surface area is 118 Å². The molecule has 3 unspecified atom stereocenters. The van der Waals surface area contributed by atoms with Crippen LogP contribution in [0.5, 0.6) is 0 Å². The molecule has 0 spiro atoms. The Morgan fingerprint density at radius 2 is 2.16 bits per heavy atom. The van der Waals surface area contributed by atoms with Gasteiger partial charge in [-0.25, -0.2) is 4.39 Å². The van der Waals surface area contributed by atoms with Crippen LogP contribution in [0, 0.1) is 17.7 Å². The smallest absolute Gasteiger partial charge is 0.124 e. The second-order valence-corrected chi connectivity index (χ2v) is 6.36. The topological polar surface area (TPSA) is 29.3 Å². The lowest BCUT2D eigenvalue weighted by atomic mass is 9.78. The largest absolute Gasteiger partial charge is 0.327 e. The zero-order valence-electron chi connectivity index (χ0n) is 11.0. The monoisotopic (exact) mass is 282 g/mol. The molecule has 1 heterocycles. The van der Waals surface area contributed by atoms with E-state index in [0.29, 0.717) is 17.0 Å². The van der Waals surface area contributed by atoms with Crippen LogP contribution >= 0.6 is 11.6 Å². The number of nitrogens with zero attached hydrogens (tertiary/aromatic N) is 1. The molecule has 104 valence electrons. The summed E-state index contributed by atoms with van der Waals surface area (Å²) in [6.07, 6.45) is 3.71. The molecule has 2 fully saturated rings. The third-order valence-corrected chi connectivity index (χ3v) is 4.99. The van der Waals surface area contributed by atoms with Gasteiger partial charge in [-0.1, -0.05) is 24.1 Å². The molecule has 1 aliphatic heterocycles. The van der Waals surface area contributed by atoms with Crippen molar-refractivity contribution in [1.29, 1.82) is 0 Å². The summed E-state index contributed by atoms with van der Waals surface area (Å²) in [6, 6.07) is 5.02. The highest BCUT2D eigenvalue weighted by Gasteiger charge is 2.38. The van der Waals surface area contributed by atoms with Crippen molar-refractivity contribution in [3.05, 3.63) is 34.6 Å². The van der Waals surface area contributed by atoms with Gasteiger partial charge in [0.05, 0.1) is 0 Å². The molecule has 1 aliphatic carbocycles. The van der Waals surface area contributed by atoms with E-state index in [1.165, 1.54) is 25.0 Å². The lowest BCUT2D eigenvalue weighted by Gasteiger charge is -2.29. The van der Waals surface area contributed by atoms with E-state index in [1.54, 1.807) is 6.07 Å². The molecule has 3 rings (SSSR count). The lowest BCUT2D eigenvalue weighted by Crippen LogP contribution is -2.38. The summed E-state index contributed by atoms with van der Waals surface area (Å²) in [5.74, 6) is 1.10. The molecule has 1 aromatic rings. The number of hydrogen-bond acceptors (Lipinski definition) is 2. The van der Waals surface area contributed by atoms with Gasteiger partial charge in [-0.15, -0.1) is 0 Å². The molecular weight excluding hydrogens is 263 g/mol. The Kier molecular flexibility index (Phi) is 3.79. The Morgan fingerprint density at radius 3 is 2.89 bits per heavy atom. The van der Waals surface area contributed by atoms with Crippen molar-refractivity contribution in [2.45, 2.75) is 31.8 Å². The van der Waals surface area contributed by atoms with Crippen molar-refractivity contribution < 1.29 is 4.39 Å². The van der Waals surface area contributed by atoms with E-state index >= 15 is 0 Å². The molecular formula is C15H20ClFN2. The molecule has 2 aliphatic rings. The lowest BCUT2D eigenvalue weighted by molar-refractivity contribution is 0.259. The van der Waals surface area contributed by atoms with Crippen molar-refractivity contribution in [3.8, 4) is 0 Å². The van der Waals surface area contributed by atoms with E-state index in [1.807, 2.05) is 0 Å². The Morgan fingerprint density at radius 1 is 1.32 bits per heavy atom. The first-order valence-electron chi connectivity index (χ1n) is 7.05. The van der Waals surface area contributed by atoms with Gasteiger partial charge >= 0.3 is 0 Å². The van der Waals surface area contributed by atoms with Gasteiger partial charge in [0.25, 0.3) is 0 Å². The molecule has 1 aromatic carbocycles. The number of benzene rings is 1. The first-order valence-corrected chi connectivity index (χ1v) is 7.43. The highest BCUT2D eigenvalue weighted by Crippen LogP contribution is 2.36. The van der Waals surface area contributed by atoms with E-state index in [4.69, 9.17) is 17.3 Å². The van der Waals surface area contributed by atoms with Crippen LogP contribution in [0.15, 0.2) is 18.2 Å². The fraction of sp³-hybridized carbons (Fsp3) is 0.600. The fourth-order valence-corrected chi connectivity index (χ4v) is 3.86. The van der Waals surface area contributed by atoms with Crippen LogP contribution in [0.1, 0.15) is 24.8 Å². The number of likely N-dealkylation sites (tertiary alicyclic amines) is 1. The van der Waals surface area contributed by atoms with Crippen LogP contribution in [0.4, 0.5) is 4.39 Å². The van der Waals surface area contributed by atoms with Crippen LogP contribution in [-0.2, 0) is 6.54 Å². The zero-order chi connectivity index (χ0) is 13.4. The first-order chi connectivity index (χ1) is 9.13. The van der Waals surface area contributed by atoms with Crippen molar-refractivity contribution in [3.63, 3.8) is 0 Å². The van der Waals surface area contributed by atoms with E-state index < -0.39 is 0 Å². The van der Waals surface area contributed by atoms with Crippen molar-refractivity contribution >= 4 is 11.6 Å². The third kappa shape index (κ3) is 2.78. The minimum absolute atomic E-state index is 0.272. The highest BCUT2D eigenvalue weighted by atomic mass is 35.5. The van der Waals surface area contributed by atoms with Gasteiger partial charge in [-0.3, -0.25) is 4.90 Å². The van der Waals surface area contributed by atoms with Gasteiger partial charge in [-0.2, -0.15) is 0 Å². The number of nitrogens with two attached hydrogens (primary N) is 1. The van der Waals surface area contributed by atoms with E-state index in [9.17, 15) is 4.39 Å². The van der Waals surface area contributed by atoms with Gasteiger partial charge in [0.15, 0.2) is 0 Å². The number of hydrogen-bond donors (Lipinski definition) is 1. The van der Waals surface area contributed by atoms with Crippen LogP contribution in [0.25, 0.3) is 0 Å². The van der Waals surface area contributed by atoms with Gasteiger partial charge < -0.3 is 5.73 Å². The quantitative estimate of drug-likeness (QED) is 0.903.